The molecule has 0 spiro atoms. The standard InChI is InChI=1S/C10H15F2NO2/c11-10(12)3-1-2-7-4-13(5-8(7)10)6-9(14)15/h7-8H,1-6H2,(H,14,15)/t7-,8-/m1/s1. The maximum absolute atomic E-state index is 13.5. The van der Waals surface area contributed by atoms with Crippen LogP contribution in [0.5, 0.6) is 0 Å². The van der Waals surface area contributed by atoms with Gasteiger partial charge in [-0.2, -0.15) is 0 Å². The zero-order chi connectivity index (χ0) is 11.1. The molecule has 1 N–H and O–H groups in total. The normalized spacial score (nSPS) is 35.1. The molecule has 1 aliphatic carbocycles. The van der Waals surface area contributed by atoms with Gasteiger partial charge in [0.15, 0.2) is 0 Å². The highest BCUT2D eigenvalue weighted by Gasteiger charge is 2.50. The summed E-state index contributed by atoms with van der Waals surface area (Å²) in [4.78, 5) is 12.1. The van der Waals surface area contributed by atoms with E-state index in [4.69, 9.17) is 5.11 Å². The minimum Gasteiger partial charge on any atom is -0.480 e. The van der Waals surface area contributed by atoms with E-state index in [0.717, 1.165) is 6.42 Å². The summed E-state index contributed by atoms with van der Waals surface area (Å²) in [5.41, 5.74) is 0. The highest BCUT2D eigenvalue weighted by atomic mass is 19.3. The van der Waals surface area contributed by atoms with E-state index in [1.165, 1.54) is 0 Å². The van der Waals surface area contributed by atoms with Crippen LogP contribution >= 0.6 is 0 Å². The summed E-state index contributed by atoms with van der Waals surface area (Å²) in [6, 6.07) is 0. The second kappa shape index (κ2) is 3.70. The van der Waals surface area contributed by atoms with Crippen molar-refractivity contribution in [2.24, 2.45) is 11.8 Å². The fraction of sp³-hybridized carbons (Fsp3) is 0.900. The quantitative estimate of drug-likeness (QED) is 0.764. The largest absolute Gasteiger partial charge is 0.480 e. The average molecular weight is 219 g/mol. The summed E-state index contributed by atoms with van der Waals surface area (Å²) < 4.78 is 27.0. The van der Waals surface area contributed by atoms with E-state index < -0.39 is 17.8 Å². The molecule has 2 atom stereocenters. The molecule has 5 heteroatoms. The number of fused-ring (bicyclic) bond motifs is 1. The molecule has 1 saturated carbocycles. The van der Waals surface area contributed by atoms with Crippen molar-refractivity contribution in [2.45, 2.75) is 25.2 Å². The summed E-state index contributed by atoms with van der Waals surface area (Å²) in [6.07, 6.45) is 1.35. The van der Waals surface area contributed by atoms with Crippen molar-refractivity contribution in [2.75, 3.05) is 19.6 Å². The van der Waals surface area contributed by atoms with Gasteiger partial charge in [0.25, 0.3) is 5.92 Å². The molecule has 0 amide bonds. The summed E-state index contributed by atoms with van der Waals surface area (Å²) >= 11 is 0. The number of carbonyl (C=O) groups is 1. The predicted molar refractivity (Wildman–Crippen MR) is 49.9 cm³/mol. The Morgan fingerprint density at radius 3 is 2.80 bits per heavy atom. The lowest BCUT2D eigenvalue weighted by atomic mass is 9.79. The Morgan fingerprint density at radius 2 is 2.20 bits per heavy atom. The van der Waals surface area contributed by atoms with Crippen LogP contribution in [-0.2, 0) is 4.79 Å². The molecule has 1 heterocycles. The van der Waals surface area contributed by atoms with Gasteiger partial charge in [-0.1, -0.05) is 0 Å². The molecule has 2 aliphatic rings. The molecule has 0 aromatic rings. The van der Waals surface area contributed by atoms with E-state index in [9.17, 15) is 13.6 Å². The third-order valence-electron chi connectivity index (χ3n) is 3.50. The van der Waals surface area contributed by atoms with Crippen LogP contribution in [-0.4, -0.2) is 41.5 Å². The van der Waals surface area contributed by atoms with Crippen LogP contribution in [0.4, 0.5) is 8.78 Å². The molecule has 1 saturated heterocycles. The van der Waals surface area contributed by atoms with E-state index in [-0.39, 0.29) is 25.4 Å². The number of aliphatic carboxylic acids is 1. The first kappa shape index (κ1) is 10.8. The van der Waals surface area contributed by atoms with Crippen LogP contribution in [0.2, 0.25) is 0 Å². The third-order valence-corrected chi connectivity index (χ3v) is 3.50. The van der Waals surface area contributed by atoms with Gasteiger partial charge in [-0.3, -0.25) is 9.69 Å². The zero-order valence-electron chi connectivity index (χ0n) is 8.46. The van der Waals surface area contributed by atoms with Gasteiger partial charge in [0, 0.05) is 25.4 Å². The lowest BCUT2D eigenvalue weighted by Gasteiger charge is -2.32. The topological polar surface area (TPSA) is 40.5 Å². The van der Waals surface area contributed by atoms with Crippen molar-refractivity contribution in [1.29, 1.82) is 0 Å². The van der Waals surface area contributed by atoms with E-state index in [0.29, 0.717) is 13.0 Å². The Morgan fingerprint density at radius 1 is 1.47 bits per heavy atom. The van der Waals surface area contributed by atoms with Gasteiger partial charge in [-0.25, -0.2) is 8.78 Å². The first-order valence-corrected chi connectivity index (χ1v) is 5.31. The molecule has 0 radical (unpaired) electrons. The number of halogens is 2. The average Bonchev–Trinajstić information content (AvgIpc) is 2.46. The number of alkyl halides is 2. The predicted octanol–water partition coefficient (Wildman–Crippen LogP) is 1.44. The fourth-order valence-corrected chi connectivity index (χ4v) is 2.84. The van der Waals surface area contributed by atoms with Crippen LogP contribution in [0.3, 0.4) is 0 Å². The van der Waals surface area contributed by atoms with Crippen LogP contribution in [0, 0.1) is 11.8 Å². The molecule has 2 fully saturated rings. The number of nitrogens with zero attached hydrogens (tertiary/aromatic N) is 1. The Labute approximate surface area is 87.1 Å². The summed E-state index contributed by atoms with van der Waals surface area (Å²) in [5, 5.41) is 8.61. The molecule has 1 aliphatic heterocycles. The number of rotatable bonds is 2. The molecule has 86 valence electrons. The van der Waals surface area contributed by atoms with Crippen molar-refractivity contribution in [3.8, 4) is 0 Å². The summed E-state index contributed by atoms with van der Waals surface area (Å²) in [5.74, 6) is -4.15. The molecule has 2 rings (SSSR count). The van der Waals surface area contributed by atoms with Crippen LogP contribution in [0.15, 0.2) is 0 Å². The Bertz CT molecular complexity index is 270. The number of likely N-dealkylation sites (tertiary alicyclic amines) is 1. The minimum atomic E-state index is -2.59. The molecule has 0 bridgehead atoms. The zero-order valence-corrected chi connectivity index (χ0v) is 8.46. The van der Waals surface area contributed by atoms with Gasteiger partial charge >= 0.3 is 5.97 Å². The van der Waals surface area contributed by atoms with Gasteiger partial charge in [0.1, 0.15) is 0 Å². The molecule has 15 heavy (non-hydrogen) atoms. The smallest absolute Gasteiger partial charge is 0.317 e. The monoisotopic (exact) mass is 219 g/mol. The highest BCUT2D eigenvalue weighted by Crippen LogP contribution is 2.45. The van der Waals surface area contributed by atoms with E-state index in [1.807, 2.05) is 0 Å². The molecule has 0 aromatic heterocycles. The first-order valence-electron chi connectivity index (χ1n) is 5.31. The minimum absolute atomic E-state index is 0.00639. The Kier molecular flexibility index (Phi) is 2.66. The van der Waals surface area contributed by atoms with Crippen LogP contribution in [0.25, 0.3) is 0 Å². The van der Waals surface area contributed by atoms with Crippen molar-refractivity contribution in [3.63, 3.8) is 0 Å². The molecular formula is C10H15F2NO2. The lowest BCUT2D eigenvalue weighted by molar-refractivity contribution is -0.138. The number of hydrogen-bond acceptors (Lipinski definition) is 2. The Hall–Kier alpha value is -0.710. The van der Waals surface area contributed by atoms with Gasteiger partial charge < -0.3 is 5.11 Å². The summed E-state index contributed by atoms with van der Waals surface area (Å²) in [7, 11) is 0. The van der Waals surface area contributed by atoms with Gasteiger partial charge in [0.05, 0.1) is 6.54 Å². The van der Waals surface area contributed by atoms with Gasteiger partial charge in [-0.15, -0.1) is 0 Å². The van der Waals surface area contributed by atoms with E-state index >= 15 is 0 Å². The van der Waals surface area contributed by atoms with E-state index in [1.54, 1.807) is 4.90 Å². The van der Waals surface area contributed by atoms with Crippen LogP contribution in [0.1, 0.15) is 19.3 Å². The maximum atomic E-state index is 13.5. The van der Waals surface area contributed by atoms with Gasteiger partial charge in [-0.05, 0) is 18.8 Å². The lowest BCUT2D eigenvalue weighted by Crippen LogP contribution is -2.37. The third kappa shape index (κ3) is 2.12. The van der Waals surface area contributed by atoms with E-state index in [2.05, 4.69) is 0 Å². The number of carboxylic acids is 1. The fourth-order valence-electron chi connectivity index (χ4n) is 2.84. The van der Waals surface area contributed by atoms with Crippen molar-refractivity contribution < 1.29 is 18.7 Å². The molecule has 3 nitrogen and oxygen atoms in total. The molecule has 0 unspecified atom stereocenters. The number of hydrogen-bond donors (Lipinski definition) is 1. The molecular weight excluding hydrogens is 204 g/mol. The van der Waals surface area contributed by atoms with Gasteiger partial charge in [0.2, 0.25) is 0 Å². The van der Waals surface area contributed by atoms with Crippen molar-refractivity contribution >= 4 is 5.97 Å². The Balaban J connectivity index is 2.01. The summed E-state index contributed by atoms with van der Waals surface area (Å²) in [6.45, 7) is 0.652. The first-order chi connectivity index (χ1) is 6.99. The maximum Gasteiger partial charge on any atom is 0.317 e. The number of carboxylic acid groups (broad SMARTS) is 1. The van der Waals surface area contributed by atoms with Crippen molar-refractivity contribution in [3.05, 3.63) is 0 Å². The van der Waals surface area contributed by atoms with Crippen molar-refractivity contribution in [1.82, 2.24) is 4.90 Å². The second-order valence-corrected chi connectivity index (χ2v) is 4.61. The van der Waals surface area contributed by atoms with Crippen LogP contribution < -0.4 is 0 Å². The molecule has 0 aromatic carbocycles. The highest BCUT2D eigenvalue weighted by molar-refractivity contribution is 5.69. The second-order valence-electron chi connectivity index (χ2n) is 4.61. The SMILES string of the molecule is O=C(O)CN1C[C@H]2CCCC(F)(F)[C@@H]2C1.